The third-order valence-electron chi connectivity index (χ3n) is 5.91. The fourth-order valence-corrected chi connectivity index (χ4v) is 4.39. The molecule has 0 spiro atoms. The molecule has 1 fully saturated rings. The van der Waals surface area contributed by atoms with Gasteiger partial charge in [0.25, 0.3) is 0 Å². The Balaban J connectivity index is 2.00. The summed E-state index contributed by atoms with van der Waals surface area (Å²) in [6, 6.07) is 21.3. The van der Waals surface area contributed by atoms with Crippen LogP contribution in [0.15, 0.2) is 60.7 Å². The van der Waals surface area contributed by atoms with Gasteiger partial charge in [-0.25, -0.2) is 0 Å². The van der Waals surface area contributed by atoms with Crippen molar-refractivity contribution in [3.05, 3.63) is 71.8 Å². The van der Waals surface area contributed by atoms with Crippen LogP contribution in [0.4, 0.5) is 0 Å². The van der Waals surface area contributed by atoms with Crippen LogP contribution in [0.1, 0.15) is 64.1 Å². The molecule has 2 aromatic carbocycles. The number of likely N-dealkylation sites (tertiary alicyclic amines) is 1. The van der Waals surface area contributed by atoms with Crippen LogP contribution in [0.3, 0.4) is 0 Å². The highest BCUT2D eigenvalue weighted by Gasteiger charge is 2.54. The van der Waals surface area contributed by atoms with Crippen molar-refractivity contribution in [2.45, 2.75) is 64.1 Å². The van der Waals surface area contributed by atoms with Crippen molar-refractivity contribution in [2.75, 3.05) is 6.54 Å². The van der Waals surface area contributed by atoms with Gasteiger partial charge < -0.3 is 5.11 Å². The first-order chi connectivity index (χ1) is 12.4. The number of hydrogen-bond acceptors (Lipinski definition) is 2. The average molecular weight is 352 g/mol. The highest BCUT2D eigenvalue weighted by atomic mass is 16.3. The SMILES string of the molecule is CCCC[C@@](O)(c1ccccc1)[C@@H]1CN(C(C)(C)C)[C@@H]1c1ccccc1. The second-order valence-corrected chi connectivity index (χ2v) is 8.68. The van der Waals surface area contributed by atoms with Crippen LogP contribution >= 0.6 is 0 Å². The second kappa shape index (κ2) is 7.54. The third kappa shape index (κ3) is 3.58. The Kier molecular flexibility index (Phi) is 5.55. The van der Waals surface area contributed by atoms with Crippen LogP contribution in [0.25, 0.3) is 0 Å². The number of benzene rings is 2. The van der Waals surface area contributed by atoms with E-state index in [0.29, 0.717) is 0 Å². The molecule has 3 atom stereocenters. The van der Waals surface area contributed by atoms with Crippen LogP contribution in [0, 0.1) is 5.92 Å². The van der Waals surface area contributed by atoms with E-state index < -0.39 is 5.60 Å². The zero-order valence-electron chi connectivity index (χ0n) is 16.7. The van der Waals surface area contributed by atoms with Gasteiger partial charge >= 0.3 is 0 Å². The molecule has 0 radical (unpaired) electrons. The van der Waals surface area contributed by atoms with E-state index in [4.69, 9.17) is 0 Å². The number of unbranched alkanes of at least 4 members (excludes halogenated alkanes) is 1. The van der Waals surface area contributed by atoms with Gasteiger partial charge in [-0.05, 0) is 38.3 Å². The summed E-state index contributed by atoms with van der Waals surface area (Å²) in [7, 11) is 0. The summed E-state index contributed by atoms with van der Waals surface area (Å²) in [6.07, 6.45) is 2.96. The van der Waals surface area contributed by atoms with Gasteiger partial charge in [0.2, 0.25) is 0 Å². The molecule has 1 heterocycles. The highest BCUT2D eigenvalue weighted by Crippen LogP contribution is 2.52. The molecule has 0 unspecified atom stereocenters. The van der Waals surface area contributed by atoms with Crippen molar-refractivity contribution < 1.29 is 5.11 Å². The molecule has 1 aliphatic heterocycles. The van der Waals surface area contributed by atoms with E-state index in [-0.39, 0.29) is 17.5 Å². The molecular formula is C24H33NO. The monoisotopic (exact) mass is 351 g/mol. The summed E-state index contributed by atoms with van der Waals surface area (Å²) >= 11 is 0. The van der Waals surface area contributed by atoms with Gasteiger partial charge in [0.1, 0.15) is 0 Å². The first-order valence-electron chi connectivity index (χ1n) is 9.97. The molecule has 0 saturated carbocycles. The maximum atomic E-state index is 11.9. The lowest BCUT2D eigenvalue weighted by Crippen LogP contribution is -2.63. The minimum Gasteiger partial charge on any atom is -0.385 e. The molecule has 0 bridgehead atoms. The van der Waals surface area contributed by atoms with Gasteiger partial charge in [0, 0.05) is 24.0 Å². The standard InChI is InChI=1S/C24H33NO/c1-5-6-17-24(26,20-15-11-8-12-16-20)21-18-25(23(2,3)4)22(21)19-13-9-7-10-14-19/h7-16,21-22,26H,5-6,17-18H2,1-4H3/t21-,22-,24-/m1/s1. The molecule has 1 saturated heterocycles. The molecular weight excluding hydrogens is 318 g/mol. The smallest absolute Gasteiger partial charge is 0.0955 e. The van der Waals surface area contributed by atoms with Crippen molar-refractivity contribution in [2.24, 2.45) is 5.92 Å². The number of rotatable bonds is 6. The zero-order chi connectivity index (χ0) is 18.8. The normalized spacial score (nSPS) is 23.3. The van der Waals surface area contributed by atoms with Crippen LogP contribution in [0.5, 0.6) is 0 Å². The van der Waals surface area contributed by atoms with E-state index >= 15 is 0 Å². The van der Waals surface area contributed by atoms with Crippen LogP contribution in [-0.4, -0.2) is 22.1 Å². The number of hydrogen-bond donors (Lipinski definition) is 1. The van der Waals surface area contributed by atoms with Crippen molar-refractivity contribution >= 4 is 0 Å². The fraction of sp³-hybridized carbons (Fsp3) is 0.500. The van der Waals surface area contributed by atoms with E-state index in [9.17, 15) is 5.11 Å². The van der Waals surface area contributed by atoms with E-state index in [1.807, 2.05) is 18.2 Å². The Morgan fingerprint density at radius 3 is 2.08 bits per heavy atom. The lowest BCUT2D eigenvalue weighted by atomic mass is 9.66. The fourth-order valence-electron chi connectivity index (χ4n) is 4.39. The maximum absolute atomic E-state index is 11.9. The Bertz CT molecular complexity index is 691. The summed E-state index contributed by atoms with van der Waals surface area (Å²) in [4.78, 5) is 2.53. The predicted octanol–water partition coefficient (Wildman–Crippen LogP) is 5.54. The molecule has 1 N–H and O–H groups in total. The molecule has 3 rings (SSSR count). The molecule has 1 aliphatic rings. The molecule has 0 amide bonds. The third-order valence-corrected chi connectivity index (χ3v) is 5.91. The Morgan fingerprint density at radius 2 is 1.54 bits per heavy atom. The lowest BCUT2D eigenvalue weighted by Gasteiger charge is -2.59. The van der Waals surface area contributed by atoms with Gasteiger partial charge in [0.15, 0.2) is 0 Å². The van der Waals surface area contributed by atoms with Crippen molar-refractivity contribution in [1.82, 2.24) is 4.90 Å². The van der Waals surface area contributed by atoms with Gasteiger partial charge in [-0.15, -0.1) is 0 Å². The minimum atomic E-state index is -0.778. The molecule has 140 valence electrons. The average Bonchev–Trinajstić information content (AvgIpc) is 2.59. The van der Waals surface area contributed by atoms with Gasteiger partial charge in [-0.1, -0.05) is 80.4 Å². The van der Waals surface area contributed by atoms with Crippen molar-refractivity contribution in [1.29, 1.82) is 0 Å². The molecule has 2 aromatic rings. The number of nitrogens with zero attached hydrogens (tertiary/aromatic N) is 1. The lowest BCUT2D eigenvalue weighted by molar-refractivity contribution is -0.164. The first kappa shape index (κ1) is 19.1. The Morgan fingerprint density at radius 1 is 0.962 bits per heavy atom. The topological polar surface area (TPSA) is 23.5 Å². The van der Waals surface area contributed by atoms with Gasteiger partial charge in [-0.3, -0.25) is 4.90 Å². The minimum absolute atomic E-state index is 0.0827. The summed E-state index contributed by atoms with van der Waals surface area (Å²) in [5.74, 6) is 0.207. The summed E-state index contributed by atoms with van der Waals surface area (Å²) in [5.41, 5.74) is 1.68. The van der Waals surface area contributed by atoms with E-state index in [0.717, 1.165) is 31.4 Å². The van der Waals surface area contributed by atoms with E-state index in [2.05, 4.69) is 75.1 Å². The predicted molar refractivity (Wildman–Crippen MR) is 109 cm³/mol. The summed E-state index contributed by atoms with van der Waals surface area (Å²) in [6.45, 7) is 9.94. The molecule has 26 heavy (non-hydrogen) atoms. The van der Waals surface area contributed by atoms with Crippen molar-refractivity contribution in [3.63, 3.8) is 0 Å². The quantitative estimate of drug-likeness (QED) is 0.739. The van der Waals surface area contributed by atoms with Gasteiger partial charge in [-0.2, -0.15) is 0 Å². The first-order valence-corrected chi connectivity index (χ1v) is 9.97. The van der Waals surface area contributed by atoms with Crippen LogP contribution in [-0.2, 0) is 5.60 Å². The van der Waals surface area contributed by atoms with Crippen molar-refractivity contribution in [3.8, 4) is 0 Å². The molecule has 2 nitrogen and oxygen atoms in total. The molecule has 0 aliphatic carbocycles. The van der Waals surface area contributed by atoms with Crippen LogP contribution < -0.4 is 0 Å². The van der Waals surface area contributed by atoms with E-state index in [1.165, 1.54) is 5.56 Å². The number of aliphatic hydroxyl groups is 1. The van der Waals surface area contributed by atoms with E-state index in [1.54, 1.807) is 0 Å². The summed E-state index contributed by atoms with van der Waals surface area (Å²) in [5, 5.41) is 11.9. The summed E-state index contributed by atoms with van der Waals surface area (Å²) < 4.78 is 0. The zero-order valence-corrected chi connectivity index (χ0v) is 16.7. The Hall–Kier alpha value is -1.64. The Labute approximate surface area is 158 Å². The largest absolute Gasteiger partial charge is 0.385 e. The maximum Gasteiger partial charge on any atom is 0.0955 e. The van der Waals surface area contributed by atoms with Crippen LogP contribution in [0.2, 0.25) is 0 Å². The molecule has 2 heteroatoms. The van der Waals surface area contributed by atoms with Gasteiger partial charge in [0.05, 0.1) is 5.60 Å². The highest BCUT2D eigenvalue weighted by molar-refractivity contribution is 5.31. The molecule has 0 aromatic heterocycles. The second-order valence-electron chi connectivity index (χ2n) is 8.68.